The van der Waals surface area contributed by atoms with Crippen molar-refractivity contribution in [2.24, 2.45) is 0 Å². The Morgan fingerprint density at radius 3 is 3.00 bits per heavy atom. The number of fused-ring (bicyclic) bond motifs is 1. The van der Waals surface area contributed by atoms with Crippen LogP contribution in [-0.2, 0) is 0 Å². The highest BCUT2D eigenvalue weighted by atomic mass is 19.1. The normalized spacial score (nSPS) is 11.0. The van der Waals surface area contributed by atoms with Crippen LogP contribution in [0.15, 0.2) is 42.9 Å². The lowest BCUT2D eigenvalue weighted by molar-refractivity contribution is 0.634. The summed E-state index contributed by atoms with van der Waals surface area (Å²) in [5.41, 5.74) is 1.41. The van der Waals surface area contributed by atoms with E-state index in [0.29, 0.717) is 5.52 Å². The first-order valence-electron chi connectivity index (χ1n) is 4.61. The number of hydrogen-bond donors (Lipinski definition) is 1. The molecule has 15 heavy (non-hydrogen) atoms. The molecule has 2 heterocycles. The summed E-state index contributed by atoms with van der Waals surface area (Å²) in [5.74, 6) is -0.223. The molecular weight excluding hydrogens is 193 g/mol. The fourth-order valence-electron chi connectivity index (χ4n) is 1.74. The van der Waals surface area contributed by atoms with Gasteiger partial charge in [0.1, 0.15) is 5.82 Å². The van der Waals surface area contributed by atoms with E-state index in [-0.39, 0.29) is 5.82 Å². The molecule has 74 valence electrons. The second-order valence-electron chi connectivity index (χ2n) is 3.32. The van der Waals surface area contributed by atoms with Crippen molar-refractivity contribution >= 4 is 10.9 Å². The Bertz CT molecular complexity index is 595. The van der Waals surface area contributed by atoms with E-state index in [1.807, 2.05) is 18.3 Å². The van der Waals surface area contributed by atoms with Crippen LogP contribution in [0, 0.1) is 5.82 Å². The third kappa shape index (κ3) is 1.15. The second-order valence-corrected chi connectivity index (χ2v) is 3.32. The number of halogens is 1. The van der Waals surface area contributed by atoms with Gasteiger partial charge >= 0.3 is 0 Å². The van der Waals surface area contributed by atoms with Crippen LogP contribution in [0.3, 0.4) is 0 Å². The summed E-state index contributed by atoms with van der Waals surface area (Å²) in [7, 11) is 0. The fraction of sp³-hybridized carbons (Fsp3) is 0. The van der Waals surface area contributed by atoms with Crippen molar-refractivity contribution in [1.29, 1.82) is 0 Å². The lowest BCUT2D eigenvalue weighted by Crippen LogP contribution is -1.91. The first-order valence-corrected chi connectivity index (χ1v) is 4.61. The van der Waals surface area contributed by atoms with E-state index in [2.05, 4.69) is 10.2 Å². The zero-order valence-electron chi connectivity index (χ0n) is 7.81. The van der Waals surface area contributed by atoms with Gasteiger partial charge in [-0.25, -0.2) is 4.39 Å². The Morgan fingerprint density at radius 2 is 2.20 bits per heavy atom. The van der Waals surface area contributed by atoms with Gasteiger partial charge in [0.15, 0.2) is 0 Å². The largest absolute Gasteiger partial charge is 0.311 e. The van der Waals surface area contributed by atoms with Crippen LogP contribution in [-0.4, -0.2) is 14.8 Å². The molecule has 0 atom stereocenters. The van der Waals surface area contributed by atoms with Gasteiger partial charge in [0.25, 0.3) is 0 Å². The maximum atomic E-state index is 13.6. The minimum absolute atomic E-state index is 0.223. The quantitative estimate of drug-likeness (QED) is 0.644. The van der Waals surface area contributed by atoms with Crippen molar-refractivity contribution in [2.75, 3.05) is 0 Å². The van der Waals surface area contributed by atoms with Crippen molar-refractivity contribution in [3.63, 3.8) is 0 Å². The van der Waals surface area contributed by atoms with Crippen molar-refractivity contribution < 1.29 is 4.39 Å². The predicted molar refractivity (Wildman–Crippen MR) is 55.4 cm³/mol. The standard InChI is InChI=1S/C11H8FN3/c12-10-3-1-2-8-4-5-15(11(8)10)9-6-13-14-7-9/h1-7H,(H,13,14). The molecule has 1 aromatic carbocycles. The number of rotatable bonds is 1. The molecule has 0 amide bonds. The molecule has 4 heteroatoms. The molecule has 1 N–H and O–H groups in total. The third-order valence-electron chi connectivity index (χ3n) is 2.42. The summed E-state index contributed by atoms with van der Waals surface area (Å²) in [6, 6.07) is 6.93. The highest BCUT2D eigenvalue weighted by molar-refractivity contribution is 5.82. The highest BCUT2D eigenvalue weighted by Gasteiger charge is 2.07. The third-order valence-corrected chi connectivity index (χ3v) is 2.42. The van der Waals surface area contributed by atoms with Gasteiger partial charge in [-0.1, -0.05) is 12.1 Å². The van der Waals surface area contributed by atoms with E-state index >= 15 is 0 Å². The van der Waals surface area contributed by atoms with E-state index in [0.717, 1.165) is 11.1 Å². The van der Waals surface area contributed by atoms with Crippen LogP contribution in [0.5, 0.6) is 0 Å². The van der Waals surface area contributed by atoms with Crippen molar-refractivity contribution in [3.05, 3.63) is 48.7 Å². The van der Waals surface area contributed by atoms with Crippen molar-refractivity contribution in [1.82, 2.24) is 14.8 Å². The maximum absolute atomic E-state index is 13.6. The molecule has 2 aromatic heterocycles. The Balaban J connectivity index is 2.37. The average Bonchev–Trinajstić information content (AvgIpc) is 2.85. The van der Waals surface area contributed by atoms with Crippen LogP contribution in [0.4, 0.5) is 4.39 Å². The van der Waals surface area contributed by atoms with Crippen molar-refractivity contribution in [3.8, 4) is 5.69 Å². The topological polar surface area (TPSA) is 33.6 Å². The summed E-state index contributed by atoms with van der Waals surface area (Å²) in [6.07, 6.45) is 5.22. The van der Waals surface area contributed by atoms with Gasteiger partial charge in [0, 0.05) is 17.8 Å². The van der Waals surface area contributed by atoms with E-state index in [9.17, 15) is 4.39 Å². The number of aromatic nitrogens is 3. The minimum atomic E-state index is -0.223. The zero-order chi connectivity index (χ0) is 10.3. The Kier molecular flexibility index (Phi) is 1.62. The molecule has 0 radical (unpaired) electrons. The summed E-state index contributed by atoms with van der Waals surface area (Å²) in [4.78, 5) is 0. The zero-order valence-corrected chi connectivity index (χ0v) is 7.81. The van der Waals surface area contributed by atoms with Gasteiger partial charge in [-0.3, -0.25) is 5.10 Å². The van der Waals surface area contributed by atoms with Gasteiger partial charge in [0.05, 0.1) is 17.4 Å². The number of nitrogens with one attached hydrogen (secondary N) is 1. The Morgan fingerprint density at radius 1 is 1.27 bits per heavy atom. The lowest BCUT2D eigenvalue weighted by atomic mass is 10.2. The van der Waals surface area contributed by atoms with Gasteiger partial charge in [-0.2, -0.15) is 5.10 Å². The molecule has 0 unspecified atom stereocenters. The molecular formula is C11H8FN3. The van der Waals surface area contributed by atoms with Gasteiger partial charge in [0.2, 0.25) is 0 Å². The van der Waals surface area contributed by atoms with Gasteiger partial charge in [-0.05, 0) is 12.1 Å². The number of nitrogens with zero attached hydrogens (tertiary/aromatic N) is 2. The van der Waals surface area contributed by atoms with Crippen LogP contribution in [0.1, 0.15) is 0 Å². The first kappa shape index (κ1) is 8.23. The molecule has 3 rings (SSSR count). The molecule has 0 aliphatic heterocycles. The Labute approximate surface area is 85.2 Å². The first-order chi connectivity index (χ1) is 7.36. The molecule has 0 saturated heterocycles. The summed E-state index contributed by atoms with van der Waals surface area (Å²) in [5, 5.41) is 7.44. The van der Waals surface area contributed by atoms with Crippen LogP contribution in [0.25, 0.3) is 16.6 Å². The summed E-state index contributed by atoms with van der Waals surface area (Å²) < 4.78 is 15.4. The molecule has 0 bridgehead atoms. The lowest BCUT2D eigenvalue weighted by Gasteiger charge is -2.01. The van der Waals surface area contributed by atoms with Crippen LogP contribution in [0.2, 0.25) is 0 Å². The molecule has 0 fully saturated rings. The number of benzene rings is 1. The van der Waals surface area contributed by atoms with Crippen LogP contribution >= 0.6 is 0 Å². The number of para-hydroxylation sites is 1. The van der Waals surface area contributed by atoms with Gasteiger partial charge in [-0.15, -0.1) is 0 Å². The maximum Gasteiger partial charge on any atom is 0.147 e. The minimum Gasteiger partial charge on any atom is -0.311 e. The average molecular weight is 201 g/mol. The highest BCUT2D eigenvalue weighted by Crippen LogP contribution is 2.22. The molecule has 3 aromatic rings. The number of hydrogen-bond acceptors (Lipinski definition) is 1. The molecule has 0 spiro atoms. The number of aromatic amines is 1. The van der Waals surface area contributed by atoms with E-state index < -0.39 is 0 Å². The monoisotopic (exact) mass is 201 g/mol. The van der Waals surface area contributed by atoms with Gasteiger partial charge < -0.3 is 4.57 Å². The molecule has 3 nitrogen and oxygen atoms in total. The SMILES string of the molecule is Fc1cccc2ccn(-c3cn[nH]c3)c12. The van der Waals surface area contributed by atoms with E-state index in [4.69, 9.17) is 0 Å². The molecule has 0 saturated carbocycles. The summed E-state index contributed by atoms with van der Waals surface area (Å²) in [6.45, 7) is 0. The number of H-pyrrole nitrogens is 1. The summed E-state index contributed by atoms with van der Waals surface area (Å²) >= 11 is 0. The Hall–Kier alpha value is -2.10. The van der Waals surface area contributed by atoms with E-state index in [1.54, 1.807) is 23.0 Å². The van der Waals surface area contributed by atoms with E-state index in [1.165, 1.54) is 6.07 Å². The van der Waals surface area contributed by atoms with Crippen LogP contribution < -0.4 is 0 Å². The fourth-order valence-corrected chi connectivity index (χ4v) is 1.74. The smallest absolute Gasteiger partial charge is 0.147 e. The van der Waals surface area contributed by atoms with Crippen molar-refractivity contribution in [2.45, 2.75) is 0 Å². The molecule has 0 aliphatic carbocycles. The molecule has 0 aliphatic rings. The predicted octanol–water partition coefficient (Wildman–Crippen LogP) is 2.49. The second kappa shape index (κ2) is 2.95.